The number of rotatable bonds is 3. The molecule has 2 rings (SSSR count). The van der Waals surface area contributed by atoms with Gasteiger partial charge in [0.1, 0.15) is 0 Å². The molecule has 17 heavy (non-hydrogen) atoms. The second kappa shape index (κ2) is 5.40. The van der Waals surface area contributed by atoms with Crippen molar-refractivity contribution >= 4 is 15.9 Å². The Morgan fingerprint density at radius 2 is 2.00 bits per heavy atom. The lowest BCUT2D eigenvalue weighted by Crippen LogP contribution is -2.30. The van der Waals surface area contributed by atoms with Crippen molar-refractivity contribution < 1.29 is 0 Å². The minimum absolute atomic E-state index is 0.105. The Morgan fingerprint density at radius 1 is 1.24 bits per heavy atom. The molecule has 1 atom stereocenters. The SMILES string of the molecule is Cc1ccccc1C(NN)c1ncccc1Br. The van der Waals surface area contributed by atoms with Crippen molar-refractivity contribution in [3.8, 4) is 0 Å². The largest absolute Gasteiger partial charge is 0.271 e. The Bertz CT molecular complexity index is 468. The highest BCUT2D eigenvalue weighted by Crippen LogP contribution is 2.27. The van der Waals surface area contributed by atoms with Gasteiger partial charge in [-0.2, -0.15) is 0 Å². The van der Waals surface area contributed by atoms with Gasteiger partial charge in [-0.1, -0.05) is 24.3 Å². The first-order valence-electron chi connectivity index (χ1n) is 5.36. The number of nitrogens with one attached hydrogen (secondary N) is 1. The zero-order valence-corrected chi connectivity index (χ0v) is 11.1. The van der Waals surface area contributed by atoms with Gasteiger partial charge in [0.2, 0.25) is 0 Å². The smallest absolute Gasteiger partial charge is 0.0895 e. The number of aromatic nitrogens is 1. The molecule has 88 valence electrons. The zero-order valence-electron chi connectivity index (χ0n) is 9.52. The first-order valence-corrected chi connectivity index (χ1v) is 6.15. The van der Waals surface area contributed by atoms with E-state index in [2.05, 4.69) is 45.4 Å². The minimum atomic E-state index is -0.105. The van der Waals surface area contributed by atoms with E-state index in [1.165, 1.54) is 5.56 Å². The van der Waals surface area contributed by atoms with E-state index in [0.29, 0.717) is 0 Å². The predicted octanol–water partition coefficient (Wildman–Crippen LogP) is 2.71. The van der Waals surface area contributed by atoms with E-state index in [4.69, 9.17) is 5.84 Å². The number of hydrogen-bond acceptors (Lipinski definition) is 3. The highest BCUT2D eigenvalue weighted by atomic mass is 79.9. The van der Waals surface area contributed by atoms with E-state index >= 15 is 0 Å². The summed E-state index contributed by atoms with van der Waals surface area (Å²) in [4.78, 5) is 4.38. The summed E-state index contributed by atoms with van der Waals surface area (Å²) in [5.74, 6) is 5.66. The summed E-state index contributed by atoms with van der Waals surface area (Å²) in [5, 5.41) is 0. The van der Waals surface area contributed by atoms with Gasteiger partial charge < -0.3 is 0 Å². The molecule has 0 aliphatic rings. The molecule has 0 spiro atoms. The molecule has 0 saturated heterocycles. The van der Waals surface area contributed by atoms with Gasteiger partial charge in [-0.25, -0.2) is 5.43 Å². The van der Waals surface area contributed by atoms with Gasteiger partial charge >= 0.3 is 0 Å². The van der Waals surface area contributed by atoms with Gasteiger partial charge in [0.15, 0.2) is 0 Å². The molecule has 0 amide bonds. The number of halogens is 1. The summed E-state index contributed by atoms with van der Waals surface area (Å²) in [7, 11) is 0. The van der Waals surface area contributed by atoms with E-state index in [0.717, 1.165) is 15.7 Å². The molecule has 0 aliphatic carbocycles. The van der Waals surface area contributed by atoms with Crippen molar-refractivity contribution in [3.63, 3.8) is 0 Å². The minimum Gasteiger partial charge on any atom is -0.271 e. The molecule has 0 bridgehead atoms. The van der Waals surface area contributed by atoms with Gasteiger partial charge in [0, 0.05) is 10.7 Å². The lowest BCUT2D eigenvalue weighted by Gasteiger charge is -2.19. The Kier molecular flexibility index (Phi) is 3.89. The standard InChI is InChI=1S/C13H14BrN3/c1-9-5-2-3-6-10(9)12(17-15)13-11(14)7-4-8-16-13/h2-8,12,17H,15H2,1H3. The lowest BCUT2D eigenvalue weighted by molar-refractivity contribution is 0.615. The Balaban J connectivity index is 2.48. The first-order chi connectivity index (χ1) is 8.24. The monoisotopic (exact) mass is 291 g/mol. The van der Waals surface area contributed by atoms with E-state index in [1.807, 2.05) is 24.3 Å². The summed E-state index contributed by atoms with van der Waals surface area (Å²) < 4.78 is 0.950. The van der Waals surface area contributed by atoms with Crippen LogP contribution in [0.3, 0.4) is 0 Å². The molecule has 0 saturated carbocycles. The molecule has 1 aromatic heterocycles. The van der Waals surface area contributed by atoms with Crippen LogP contribution in [0.25, 0.3) is 0 Å². The Morgan fingerprint density at radius 3 is 2.65 bits per heavy atom. The van der Waals surface area contributed by atoms with Crippen LogP contribution in [0.15, 0.2) is 47.1 Å². The van der Waals surface area contributed by atoms with Crippen LogP contribution in [0.2, 0.25) is 0 Å². The fourth-order valence-corrected chi connectivity index (χ4v) is 2.32. The molecule has 0 aliphatic heterocycles. The number of nitrogens with zero attached hydrogens (tertiary/aromatic N) is 1. The highest BCUT2D eigenvalue weighted by molar-refractivity contribution is 9.10. The average Bonchev–Trinajstić information content (AvgIpc) is 2.34. The van der Waals surface area contributed by atoms with E-state index in [9.17, 15) is 0 Å². The van der Waals surface area contributed by atoms with Crippen molar-refractivity contribution in [2.45, 2.75) is 13.0 Å². The third kappa shape index (κ3) is 2.54. The van der Waals surface area contributed by atoms with Crippen LogP contribution in [-0.4, -0.2) is 4.98 Å². The molecule has 4 heteroatoms. The summed E-state index contributed by atoms with van der Waals surface area (Å²) >= 11 is 3.50. The lowest BCUT2D eigenvalue weighted by atomic mass is 9.99. The summed E-state index contributed by atoms with van der Waals surface area (Å²) in [6.45, 7) is 2.07. The highest BCUT2D eigenvalue weighted by Gasteiger charge is 2.17. The maximum atomic E-state index is 5.66. The second-order valence-corrected chi connectivity index (χ2v) is 4.68. The average molecular weight is 292 g/mol. The number of hydrazine groups is 1. The Labute approximate surface area is 109 Å². The quantitative estimate of drug-likeness (QED) is 0.675. The number of benzene rings is 1. The number of nitrogens with two attached hydrogens (primary N) is 1. The molecule has 0 radical (unpaired) electrons. The van der Waals surface area contributed by atoms with Gasteiger partial charge in [-0.05, 0) is 46.1 Å². The number of aryl methyl sites for hydroxylation is 1. The molecule has 2 aromatic rings. The van der Waals surface area contributed by atoms with Crippen LogP contribution < -0.4 is 11.3 Å². The topological polar surface area (TPSA) is 50.9 Å². The summed E-state index contributed by atoms with van der Waals surface area (Å²) in [6, 6.07) is 11.9. The molecule has 1 unspecified atom stereocenters. The number of hydrogen-bond donors (Lipinski definition) is 2. The zero-order chi connectivity index (χ0) is 12.3. The molecular weight excluding hydrogens is 278 g/mol. The third-order valence-electron chi connectivity index (χ3n) is 2.73. The maximum Gasteiger partial charge on any atom is 0.0895 e. The van der Waals surface area contributed by atoms with Crippen LogP contribution in [0, 0.1) is 6.92 Å². The van der Waals surface area contributed by atoms with Crippen LogP contribution >= 0.6 is 15.9 Å². The summed E-state index contributed by atoms with van der Waals surface area (Å²) in [5.41, 5.74) is 6.04. The number of pyridine rings is 1. The van der Waals surface area contributed by atoms with Crippen LogP contribution in [0.1, 0.15) is 22.9 Å². The van der Waals surface area contributed by atoms with E-state index in [1.54, 1.807) is 6.20 Å². The van der Waals surface area contributed by atoms with Gasteiger partial charge in [0.25, 0.3) is 0 Å². The third-order valence-corrected chi connectivity index (χ3v) is 3.40. The van der Waals surface area contributed by atoms with Crippen molar-refractivity contribution in [2.24, 2.45) is 5.84 Å². The molecule has 3 N–H and O–H groups in total. The van der Waals surface area contributed by atoms with Crippen molar-refractivity contribution in [1.29, 1.82) is 0 Å². The normalized spacial score (nSPS) is 12.4. The summed E-state index contributed by atoms with van der Waals surface area (Å²) in [6.07, 6.45) is 1.77. The van der Waals surface area contributed by atoms with Crippen LogP contribution in [0.5, 0.6) is 0 Å². The maximum absolute atomic E-state index is 5.66. The molecular formula is C13H14BrN3. The van der Waals surface area contributed by atoms with Crippen molar-refractivity contribution in [3.05, 3.63) is 63.9 Å². The van der Waals surface area contributed by atoms with Gasteiger partial charge in [-0.15, -0.1) is 0 Å². The fourth-order valence-electron chi connectivity index (χ4n) is 1.84. The van der Waals surface area contributed by atoms with Gasteiger partial charge in [0.05, 0.1) is 11.7 Å². The van der Waals surface area contributed by atoms with Crippen molar-refractivity contribution in [2.75, 3.05) is 0 Å². The Hall–Kier alpha value is -1.23. The molecule has 1 heterocycles. The van der Waals surface area contributed by atoms with Crippen LogP contribution in [0.4, 0.5) is 0 Å². The molecule has 1 aromatic carbocycles. The molecule has 3 nitrogen and oxygen atoms in total. The molecule has 0 fully saturated rings. The van der Waals surface area contributed by atoms with Crippen LogP contribution in [-0.2, 0) is 0 Å². The van der Waals surface area contributed by atoms with Gasteiger partial charge in [-0.3, -0.25) is 10.8 Å². The second-order valence-electron chi connectivity index (χ2n) is 3.83. The van der Waals surface area contributed by atoms with E-state index < -0.39 is 0 Å². The first kappa shape index (κ1) is 12.2. The van der Waals surface area contributed by atoms with Crippen molar-refractivity contribution in [1.82, 2.24) is 10.4 Å². The fraction of sp³-hybridized carbons (Fsp3) is 0.154. The predicted molar refractivity (Wildman–Crippen MR) is 72.3 cm³/mol. The van der Waals surface area contributed by atoms with E-state index in [-0.39, 0.29) is 6.04 Å².